The van der Waals surface area contributed by atoms with Crippen LogP contribution in [0.4, 0.5) is 0 Å². The molecule has 1 aromatic rings. The van der Waals surface area contributed by atoms with Crippen LogP contribution in [-0.2, 0) is 5.60 Å². The molecule has 0 fully saturated rings. The van der Waals surface area contributed by atoms with Crippen LogP contribution in [0.15, 0.2) is 30.3 Å². The third-order valence-corrected chi connectivity index (χ3v) is 2.32. The van der Waals surface area contributed by atoms with Crippen LogP contribution in [0.5, 0.6) is 0 Å². The molecule has 0 saturated carbocycles. The minimum atomic E-state index is -1.02. The van der Waals surface area contributed by atoms with Gasteiger partial charge in [-0.1, -0.05) is 55.5 Å². The molecule has 0 unspecified atom stereocenters. The highest BCUT2D eigenvalue weighted by molar-refractivity contribution is 5.30. The van der Waals surface area contributed by atoms with Crippen molar-refractivity contribution in [1.29, 1.82) is 0 Å². The average Bonchev–Trinajstić information content (AvgIpc) is 2.26. The molecule has 1 atom stereocenters. The second-order valence-corrected chi connectivity index (χ2v) is 3.84. The molecule has 0 aliphatic heterocycles. The van der Waals surface area contributed by atoms with Crippen LogP contribution in [-0.4, -0.2) is 5.11 Å². The fourth-order valence-corrected chi connectivity index (χ4v) is 1.33. The first-order chi connectivity index (χ1) is 7.17. The van der Waals surface area contributed by atoms with Gasteiger partial charge in [-0.05, 0) is 18.9 Å². The number of benzene rings is 1. The van der Waals surface area contributed by atoms with Gasteiger partial charge in [0.1, 0.15) is 5.60 Å². The maximum Gasteiger partial charge on any atom is 0.148 e. The molecule has 80 valence electrons. The molecule has 0 bridgehead atoms. The Morgan fingerprint density at radius 2 is 1.93 bits per heavy atom. The molecular weight excluding hydrogens is 184 g/mol. The summed E-state index contributed by atoms with van der Waals surface area (Å²) in [6, 6.07) is 9.56. The lowest BCUT2D eigenvalue weighted by molar-refractivity contribution is 0.122. The second-order valence-electron chi connectivity index (χ2n) is 3.84. The van der Waals surface area contributed by atoms with Crippen LogP contribution in [0.25, 0.3) is 0 Å². The predicted octanol–water partition coefficient (Wildman–Crippen LogP) is 3.09. The summed E-state index contributed by atoms with van der Waals surface area (Å²) in [5.41, 5.74) is -0.163. The summed E-state index contributed by atoms with van der Waals surface area (Å²) in [7, 11) is 0. The lowest BCUT2D eigenvalue weighted by atomic mass is 9.96. The molecule has 0 spiro atoms. The van der Waals surface area contributed by atoms with Gasteiger partial charge in [0.05, 0.1) is 0 Å². The molecular formula is C14H18O. The van der Waals surface area contributed by atoms with Crippen molar-refractivity contribution in [2.24, 2.45) is 0 Å². The number of hydrogen-bond acceptors (Lipinski definition) is 1. The number of aliphatic hydroxyl groups is 1. The molecule has 0 aromatic heterocycles. The van der Waals surface area contributed by atoms with Crippen LogP contribution in [0.2, 0.25) is 0 Å². The molecule has 0 heterocycles. The maximum absolute atomic E-state index is 10.1. The van der Waals surface area contributed by atoms with E-state index < -0.39 is 5.60 Å². The summed E-state index contributed by atoms with van der Waals surface area (Å²) in [5, 5.41) is 10.1. The highest BCUT2D eigenvalue weighted by Gasteiger charge is 2.18. The van der Waals surface area contributed by atoms with E-state index in [-0.39, 0.29) is 0 Å². The Kier molecular flexibility index (Phi) is 4.39. The van der Waals surface area contributed by atoms with E-state index in [2.05, 4.69) is 18.8 Å². The van der Waals surface area contributed by atoms with E-state index in [1.807, 2.05) is 30.3 Å². The Labute approximate surface area is 92.1 Å². The Hall–Kier alpha value is -1.26. The second kappa shape index (κ2) is 5.58. The van der Waals surface area contributed by atoms with Gasteiger partial charge in [-0.3, -0.25) is 0 Å². The van der Waals surface area contributed by atoms with Crippen molar-refractivity contribution in [3.8, 4) is 11.8 Å². The van der Waals surface area contributed by atoms with Crippen molar-refractivity contribution in [3.63, 3.8) is 0 Å². The molecule has 0 saturated heterocycles. The lowest BCUT2D eigenvalue weighted by Gasteiger charge is -2.16. The predicted molar refractivity (Wildman–Crippen MR) is 63.3 cm³/mol. The largest absolute Gasteiger partial charge is 0.374 e. The molecule has 0 radical (unpaired) electrons. The van der Waals surface area contributed by atoms with Crippen LogP contribution >= 0.6 is 0 Å². The third-order valence-electron chi connectivity index (χ3n) is 2.32. The summed E-state index contributed by atoms with van der Waals surface area (Å²) >= 11 is 0. The Bertz CT molecular complexity index is 341. The fourth-order valence-electron chi connectivity index (χ4n) is 1.33. The van der Waals surface area contributed by atoms with E-state index in [1.165, 1.54) is 0 Å². The van der Waals surface area contributed by atoms with E-state index >= 15 is 0 Å². The fraction of sp³-hybridized carbons (Fsp3) is 0.429. The molecule has 0 amide bonds. The van der Waals surface area contributed by atoms with Crippen molar-refractivity contribution >= 4 is 0 Å². The van der Waals surface area contributed by atoms with Gasteiger partial charge in [-0.2, -0.15) is 0 Å². The van der Waals surface area contributed by atoms with E-state index in [9.17, 15) is 5.11 Å². The van der Waals surface area contributed by atoms with E-state index in [0.717, 1.165) is 24.8 Å². The van der Waals surface area contributed by atoms with Crippen LogP contribution in [0.3, 0.4) is 0 Å². The number of unbranched alkanes of at least 4 members (excludes halogenated alkanes) is 2. The number of rotatable bonds is 3. The first-order valence-corrected chi connectivity index (χ1v) is 5.44. The molecule has 1 heteroatoms. The summed E-state index contributed by atoms with van der Waals surface area (Å²) in [5.74, 6) is 5.94. The zero-order valence-corrected chi connectivity index (χ0v) is 9.46. The van der Waals surface area contributed by atoms with Crippen molar-refractivity contribution < 1.29 is 5.11 Å². The Balaban J connectivity index is 2.69. The number of hydrogen-bond donors (Lipinski definition) is 1. The summed E-state index contributed by atoms with van der Waals surface area (Å²) in [6.45, 7) is 3.87. The van der Waals surface area contributed by atoms with Gasteiger partial charge >= 0.3 is 0 Å². The summed E-state index contributed by atoms with van der Waals surface area (Å²) in [6.07, 6.45) is 3.10. The van der Waals surface area contributed by atoms with Crippen molar-refractivity contribution in [3.05, 3.63) is 35.9 Å². The molecule has 1 aromatic carbocycles. The van der Waals surface area contributed by atoms with Gasteiger partial charge < -0.3 is 5.11 Å². The maximum atomic E-state index is 10.1. The minimum absolute atomic E-state index is 0.856. The molecule has 0 aliphatic rings. The molecule has 1 nitrogen and oxygen atoms in total. The quantitative estimate of drug-likeness (QED) is 0.590. The summed E-state index contributed by atoms with van der Waals surface area (Å²) < 4.78 is 0. The molecule has 15 heavy (non-hydrogen) atoms. The smallest absolute Gasteiger partial charge is 0.148 e. The highest BCUT2D eigenvalue weighted by Crippen LogP contribution is 2.18. The molecule has 1 N–H and O–H groups in total. The van der Waals surface area contributed by atoms with Gasteiger partial charge in [-0.25, -0.2) is 0 Å². The van der Waals surface area contributed by atoms with Crippen LogP contribution in [0.1, 0.15) is 38.7 Å². The summed E-state index contributed by atoms with van der Waals surface area (Å²) in [4.78, 5) is 0. The van der Waals surface area contributed by atoms with E-state index in [4.69, 9.17) is 0 Å². The van der Waals surface area contributed by atoms with Crippen LogP contribution in [0, 0.1) is 11.8 Å². The first kappa shape index (κ1) is 11.8. The van der Waals surface area contributed by atoms with Gasteiger partial charge in [-0.15, -0.1) is 0 Å². The average molecular weight is 202 g/mol. The van der Waals surface area contributed by atoms with Gasteiger partial charge in [0, 0.05) is 6.42 Å². The highest BCUT2D eigenvalue weighted by atomic mass is 16.3. The van der Waals surface area contributed by atoms with Gasteiger partial charge in [0.25, 0.3) is 0 Å². The van der Waals surface area contributed by atoms with Crippen molar-refractivity contribution in [2.75, 3.05) is 0 Å². The Morgan fingerprint density at radius 3 is 2.53 bits per heavy atom. The standard InChI is InChI=1S/C14H18O/c1-3-4-5-9-12-14(2,15)13-10-7-6-8-11-13/h6-8,10-11,15H,3-5H2,1-2H3/t14-/m0/s1. The zero-order chi connectivity index (χ0) is 11.1. The van der Waals surface area contributed by atoms with Crippen LogP contribution < -0.4 is 0 Å². The molecule has 0 aliphatic carbocycles. The monoisotopic (exact) mass is 202 g/mol. The molecule has 1 rings (SSSR count). The Morgan fingerprint density at radius 1 is 1.27 bits per heavy atom. The third kappa shape index (κ3) is 3.77. The van der Waals surface area contributed by atoms with Crippen molar-refractivity contribution in [1.82, 2.24) is 0 Å². The van der Waals surface area contributed by atoms with Gasteiger partial charge in [0.15, 0.2) is 0 Å². The normalized spacial score (nSPS) is 13.8. The zero-order valence-electron chi connectivity index (χ0n) is 9.46. The van der Waals surface area contributed by atoms with Crippen molar-refractivity contribution in [2.45, 2.75) is 38.7 Å². The topological polar surface area (TPSA) is 20.2 Å². The van der Waals surface area contributed by atoms with Gasteiger partial charge in [0.2, 0.25) is 0 Å². The first-order valence-electron chi connectivity index (χ1n) is 5.44. The SMILES string of the molecule is CCCCC#C[C@](C)(O)c1ccccc1. The van der Waals surface area contributed by atoms with E-state index in [1.54, 1.807) is 6.92 Å². The van der Waals surface area contributed by atoms with E-state index in [0.29, 0.717) is 0 Å². The lowest BCUT2D eigenvalue weighted by Crippen LogP contribution is -2.18. The minimum Gasteiger partial charge on any atom is -0.374 e.